The first-order chi connectivity index (χ1) is 11.4. The maximum absolute atomic E-state index is 14.7. The lowest BCUT2D eigenvalue weighted by molar-refractivity contribution is 0.102. The zero-order valence-corrected chi connectivity index (χ0v) is 14.7. The lowest BCUT2D eigenvalue weighted by Crippen LogP contribution is -2.25. The smallest absolute Gasteiger partial charge is 0.257 e. The van der Waals surface area contributed by atoms with E-state index in [1.807, 2.05) is 26.0 Å². The molecule has 0 spiro atoms. The fourth-order valence-corrected chi connectivity index (χ4v) is 3.62. The number of carbonyl (C=O) groups excluding carboxylic acids is 1. The van der Waals surface area contributed by atoms with Gasteiger partial charge in [0.05, 0.1) is 11.3 Å². The van der Waals surface area contributed by atoms with Crippen LogP contribution in [0, 0.1) is 19.7 Å². The van der Waals surface area contributed by atoms with Crippen LogP contribution < -0.4 is 10.6 Å². The van der Waals surface area contributed by atoms with Crippen LogP contribution in [0.15, 0.2) is 18.2 Å². The molecule has 0 saturated heterocycles. The van der Waals surface area contributed by atoms with E-state index in [0.717, 1.165) is 23.5 Å². The summed E-state index contributed by atoms with van der Waals surface area (Å²) in [5, 5.41) is 5.97. The van der Waals surface area contributed by atoms with Crippen LogP contribution >= 0.6 is 0 Å². The van der Waals surface area contributed by atoms with Gasteiger partial charge < -0.3 is 15.2 Å². The van der Waals surface area contributed by atoms with Crippen LogP contribution in [-0.4, -0.2) is 17.0 Å². The Morgan fingerprint density at radius 3 is 2.75 bits per heavy atom. The highest BCUT2D eigenvalue weighted by molar-refractivity contribution is 6.05. The van der Waals surface area contributed by atoms with Crippen molar-refractivity contribution in [2.45, 2.75) is 46.7 Å². The minimum atomic E-state index is -0.306. The third-order valence-electron chi connectivity index (χ3n) is 4.70. The third kappa shape index (κ3) is 2.84. The molecule has 0 bridgehead atoms. The Morgan fingerprint density at radius 1 is 1.33 bits per heavy atom. The predicted octanol–water partition coefficient (Wildman–Crippen LogP) is 3.72. The molecule has 0 aliphatic carbocycles. The maximum atomic E-state index is 14.7. The molecule has 4 nitrogen and oxygen atoms in total. The molecule has 0 unspecified atom stereocenters. The second kappa shape index (κ2) is 6.40. The molecule has 1 aliphatic heterocycles. The number of hydrogen-bond acceptors (Lipinski definition) is 2. The third-order valence-corrected chi connectivity index (χ3v) is 4.70. The molecule has 0 saturated carbocycles. The van der Waals surface area contributed by atoms with Crippen molar-refractivity contribution in [2.24, 2.45) is 0 Å². The van der Waals surface area contributed by atoms with Crippen molar-refractivity contribution < 1.29 is 9.18 Å². The molecule has 2 heterocycles. The van der Waals surface area contributed by atoms with Crippen molar-refractivity contribution in [2.75, 3.05) is 11.9 Å². The molecule has 3 rings (SSSR count). The highest BCUT2D eigenvalue weighted by Gasteiger charge is 2.21. The van der Waals surface area contributed by atoms with Crippen LogP contribution in [-0.2, 0) is 13.0 Å². The summed E-state index contributed by atoms with van der Waals surface area (Å²) in [6.07, 6.45) is 0.646. The van der Waals surface area contributed by atoms with Gasteiger partial charge in [-0.25, -0.2) is 4.39 Å². The van der Waals surface area contributed by atoms with Gasteiger partial charge in [-0.15, -0.1) is 0 Å². The maximum Gasteiger partial charge on any atom is 0.257 e. The standard InChI is InChI=1S/C19H24FN3O/c1-11(2)23-12(3)9-16(13(23)4)19(24)22-17-6-5-14-10-21-8-7-15(14)18(17)20/h5-6,9,11,21H,7-8,10H2,1-4H3,(H,22,24). The minimum Gasteiger partial charge on any atom is -0.346 e. The van der Waals surface area contributed by atoms with E-state index in [9.17, 15) is 9.18 Å². The monoisotopic (exact) mass is 329 g/mol. The first-order valence-corrected chi connectivity index (χ1v) is 8.41. The van der Waals surface area contributed by atoms with E-state index >= 15 is 0 Å². The van der Waals surface area contributed by atoms with Crippen molar-refractivity contribution >= 4 is 11.6 Å². The summed E-state index contributed by atoms with van der Waals surface area (Å²) in [6.45, 7) is 9.51. The van der Waals surface area contributed by atoms with Gasteiger partial charge in [-0.1, -0.05) is 6.07 Å². The van der Waals surface area contributed by atoms with Crippen LogP contribution in [0.1, 0.15) is 52.8 Å². The Bertz CT molecular complexity index is 792. The Hall–Kier alpha value is -2.14. The van der Waals surface area contributed by atoms with E-state index in [1.165, 1.54) is 0 Å². The summed E-state index contributed by atoms with van der Waals surface area (Å²) in [7, 11) is 0. The van der Waals surface area contributed by atoms with E-state index < -0.39 is 0 Å². The Labute approximate surface area is 142 Å². The zero-order valence-electron chi connectivity index (χ0n) is 14.7. The molecule has 2 N–H and O–H groups in total. The zero-order chi connectivity index (χ0) is 17.4. The highest BCUT2D eigenvalue weighted by atomic mass is 19.1. The van der Waals surface area contributed by atoms with Gasteiger partial charge in [0.15, 0.2) is 0 Å². The number of rotatable bonds is 3. The number of amides is 1. The van der Waals surface area contributed by atoms with Crippen molar-refractivity contribution in [3.63, 3.8) is 0 Å². The van der Waals surface area contributed by atoms with Crippen LogP contribution in [0.2, 0.25) is 0 Å². The fraction of sp³-hybridized carbons (Fsp3) is 0.421. The van der Waals surface area contributed by atoms with E-state index in [4.69, 9.17) is 0 Å². The van der Waals surface area contributed by atoms with Gasteiger partial charge in [0, 0.05) is 24.0 Å². The highest BCUT2D eigenvalue weighted by Crippen LogP contribution is 2.26. The van der Waals surface area contributed by atoms with Gasteiger partial charge in [0.25, 0.3) is 5.91 Å². The summed E-state index contributed by atoms with van der Waals surface area (Å²) in [5.41, 5.74) is 4.47. The number of halogens is 1. The second-order valence-electron chi connectivity index (χ2n) is 6.69. The molecule has 128 valence electrons. The number of nitrogens with one attached hydrogen (secondary N) is 2. The summed E-state index contributed by atoms with van der Waals surface area (Å²) < 4.78 is 16.8. The van der Waals surface area contributed by atoms with Gasteiger partial charge in [-0.2, -0.15) is 0 Å². The molecule has 0 radical (unpaired) electrons. The topological polar surface area (TPSA) is 46.1 Å². The van der Waals surface area contributed by atoms with E-state index in [2.05, 4.69) is 29.0 Å². The summed E-state index contributed by atoms with van der Waals surface area (Å²) in [4.78, 5) is 12.6. The average molecular weight is 329 g/mol. The fourth-order valence-electron chi connectivity index (χ4n) is 3.62. The largest absolute Gasteiger partial charge is 0.346 e. The molecule has 5 heteroatoms. The Balaban J connectivity index is 1.90. The van der Waals surface area contributed by atoms with Crippen molar-refractivity contribution in [1.29, 1.82) is 0 Å². The predicted molar refractivity (Wildman–Crippen MR) is 94.1 cm³/mol. The van der Waals surface area contributed by atoms with Crippen molar-refractivity contribution in [1.82, 2.24) is 9.88 Å². The molecule has 1 amide bonds. The summed E-state index contributed by atoms with van der Waals surface area (Å²) in [5.74, 6) is -0.567. The molecule has 1 aromatic carbocycles. The first kappa shape index (κ1) is 16.7. The van der Waals surface area contributed by atoms with E-state index in [1.54, 1.807) is 6.07 Å². The number of aromatic nitrogens is 1. The van der Waals surface area contributed by atoms with Crippen LogP contribution in [0.4, 0.5) is 10.1 Å². The van der Waals surface area contributed by atoms with E-state index in [0.29, 0.717) is 24.1 Å². The summed E-state index contributed by atoms with van der Waals surface area (Å²) in [6, 6.07) is 5.68. The van der Waals surface area contributed by atoms with Gasteiger partial charge >= 0.3 is 0 Å². The molecule has 2 aromatic rings. The van der Waals surface area contributed by atoms with Crippen molar-refractivity contribution in [3.8, 4) is 0 Å². The Kier molecular flexibility index (Phi) is 4.45. The number of anilines is 1. The molecule has 0 atom stereocenters. The quantitative estimate of drug-likeness (QED) is 0.901. The van der Waals surface area contributed by atoms with Gasteiger partial charge in [-0.05, 0) is 63.9 Å². The van der Waals surface area contributed by atoms with Crippen LogP contribution in [0.3, 0.4) is 0 Å². The lowest BCUT2D eigenvalue weighted by atomic mass is 9.99. The van der Waals surface area contributed by atoms with Crippen LogP contribution in [0.5, 0.6) is 0 Å². The van der Waals surface area contributed by atoms with Crippen molar-refractivity contribution in [3.05, 3.63) is 52.1 Å². The van der Waals surface area contributed by atoms with Gasteiger partial charge in [0.2, 0.25) is 0 Å². The van der Waals surface area contributed by atoms with Gasteiger partial charge in [-0.3, -0.25) is 4.79 Å². The van der Waals surface area contributed by atoms with Gasteiger partial charge in [0.1, 0.15) is 5.82 Å². The molecule has 1 aromatic heterocycles. The Morgan fingerprint density at radius 2 is 2.08 bits per heavy atom. The number of carbonyl (C=O) groups is 1. The molecule has 0 fully saturated rings. The second-order valence-corrected chi connectivity index (χ2v) is 6.69. The molecular weight excluding hydrogens is 305 g/mol. The first-order valence-electron chi connectivity index (χ1n) is 8.41. The molecule has 1 aliphatic rings. The SMILES string of the molecule is Cc1cc(C(=O)Nc2ccc3c(c2F)CCNC3)c(C)n1C(C)C. The molecular formula is C19H24FN3O. The average Bonchev–Trinajstić information content (AvgIpc) is 2.85. The molecule has 24 heavy (non-hydrogen) atoms. The normalized spacial score (nSPS) is 13.9. The number of nitrogens with zero attached hydrogens (tertiary/aromatic N) is 1. The number of aryl methyl sites for hydroxylation is 1. The van der Waals surface area contributed by atoms with Crippen LogP contribution in [0.25, 0.3) is 0 Å². The minimum absolute atomic E-state index is 0.259. The number of hydrogen-bond donors (Lipinski definition) is 2. The lowest BCUT2D eigenvalue weighted by Gasteiger charge is -2.19. The number of benzene rings is 1. The number of fused-ring (bicyclic) bond motifs is 1. The summed E-state index contributed by atoms with van der Waals surface area (Å²) >= 11 is 0. The van der Waals surface area contributed by atoms with E-state index in [-0.39, 0.29) is 23.5 Å².